The minimum Gasteiger partial charge on any atom is -0.468 e. The highest BCUT2D eigenvalue weighted by molar-refractivity contribution is 8.00. The summed E-state index contributed by atoms with van der Waals surface area (Å²) >= 11 is 4.57. The Balaban J connectivity index is 1.87. The van der Waals surface area contributed by atoms with E-state index in [0.29, 0.717) is 11.5 Å². The van der Waals surface area contributed by atoms with Crippen LogP contribution in [0.5, 0.6) is 0 Å². The van der Waals surface area contributed by atoms with Crippen molar-refractivity contribution in [1.82, 2.24) is 0 Å². The number of ether oxygens (including phenoxy) is 2. The molecular weight excluding hydrogens is 376 g/mol. The van der Waals surface area contributed by atoms with Crippen molar-refractivity contribution in [3.63, 3.8) is 0 Å². The lowest BCUT2D eigenvalue weighted by Gasteiger charge is -2.05. The van der Waals surface area contributed by atoms with Crippen molar-refractivity contribution in [2.75, 3.05) is 25.7 Å². The summed E-state index contributed by atoms with van der Waals surface area (Å²) in [6, 6.07) is 16.1. The SMILES string of the molecule is COC(=O)CSc1ccc(Sc2ccc(SCC(=O)OC)cc2)cc1. The van der Waals surface area contributed by atoms with E-state index >= 15 is 0 Å². The second-order valence-electron chi connectivity index (χ2n) is 4.77. The Hall–Kier alpha value is -1.57. The van der Waals surface area contributed by atoms with Crippen LogP contribution in [0.4, 0.5) is 0 Å². The Bertz CT molecular complexity index is 638. The smallest absolute Gasteiger partial charge is 0.315 e. The molecule has 0 N–H and O–H groups in total. The van der Waals surface area contributed by atoms with E-state index in [2.05, 4.69) is 9.47 Å². The number of hydrogen-bond donors (Lipinski definition) is 0. The number of esters is 2. The summed E-state index contributed by atoms with van der Waals surface area (Å²) in [5.74, 6) is 0.170. The van der Waals surface area contributed by atoms with Gasteiger partial charge in [-0.05, 0) is 48.5 Å². The Kier molecular flexibility index (Phi) is 8.24. The second-order valence-corrected chi connectivity index (χ2v) is 8.02. The van der Waals surface area contributed by atoms with E-state index < -0.39 is 0 Å². The van der Waals surface area contributed by atoms with E-state index in [1.54, 1.807) is 11.8 Å². The lowest BCUT2D eigenvalue weighted by Crippen LogP contribution is -2.02. The van der Waals surface area contributed by atoms with Gasteiger partial charge in [-0.1, -0.05) is 11.8 Å². The molecule has 0 atom stereocenters. The monoisotopic (exact) mass is 394 g/mol. The molecule has 2 aromatic rings. The maximum absolute atomic E-state index is 11.1. The molecule has 0 bridgehead atoms. The minimum absolute atomic E-state index is 0.228. The molecule has 0 amide bonds. The van der Waals surface area contributed by atoms with Gasteiger partial charge in [-0.15, -0.1) is 23.5 Å². The number of hydrogen-bond acceptors (Lipinski definition) is 7. The Morgan fingerprint density at radius 3 is 1.32 bits per heavy atom. The molecule has 0 aliphatic carbocycles. The van der Waals surface area contributed by atoms with Crippen LogP contribution in [0.1, 0.15) is 0 Å². The molecular formula is C18H18O4S3. The fourth-order valence-corrected chi connectivity index (χ4v) is 4.02. The number of rotatable bonds is 8. The molecule has 0 aliphatic rings. The summed E-state index contributed by atoms with van der Waals surface area (Å²) < 4.78 is 9.26. The largest absolute Gasteiger partial charge is 0.468 e. The van der Waals surface area contributed by atoms with Crippen LogP contribution in [0.2, 0.25) is 0 Å². The highest BCUT2D eigenvalue weighted by atomic mass is 32.2. The van der Waals surface area contributed by atoms with Crippen molar-refractivity contribution in [3.8, 4) is 0 Å². The van der Waals surface area contributed by atoms with Crippen LogP contribution < -0.4 is 0 Å². The van der Waals surface area contributed by atoms with Crippen LogP contribution in [-0.2, 0) is 19.1 Å². The van der Waals surface area contributed by atoms with E-state index in [9.17, 15) is 9.59 Å². The lowest BCUT2D eigenvalue weighted by molar-refractivity contribution is -0.138. The van der Waals surface area contributed by atoms with Crippen molar-refractivity contribution in [2.24, 2.45) is 0 Å². The van der Waals surface area contributed by atoms with Gasteiger partial charge in [0.25, 0.3) is 0 Å². The number of carbonyl (C=O) groups excluding carboxylic acids is 2. The predicted molar refractivity (Wildman–Crippen MR) is 102 cm³/mol. The van der Waals surface area contributed by atoms with Crippen LogP contribution in [0.3, 0.4) is 0 Å². The highest BCUT2D eigenvalue weighted by Crippen LogP contribution is 2.31. The van der Waals surface area contributed by atoms with Gasteiger partial charge in [0.1, 0.15) is 0 Å². The summed E-state index contributed by atoms with van der Waals surface area (Å²) in [5.41, 5.74) is 0. The van der Waals surface area contributed by atoms with E-state index in [1.165, 1.54) is 37.7 Å². The molecule has 0 saturated carbocycles. The molecule has 0 aliphatic heterocycles. The topological polar surface area (TPSA) is 52.6 Å². The van der Waals surface area contributed by atoms with Gasteiger partial charge in [-0.3, -0.25) is 9.59 Å². The maximum Gasteiger partial charge on any atom is 0.315 e. The third-order valence-corrected chi connectivity index (χ3v) is 6.04. The molecule has 132 valence electrons. The third-order valence-electron chi connectivity index (χ3n) is 3.05. The second kappa shape index (κ2) is 10.4. The van der Waals surface area contributed by atoms with Gasteiger partial charge in [0, 0.05) is 19.6 Å². The molecule has 0 spiro atoms. The molecule has 0 heterocycles. The maximum atomic E-state index is 11.1. The predicted octanol–water partition coefficient (Wildman–Crippen LogP) is 4.37. The molecule has 0 radical (unpaired) electrons. The molecule has 0 unspecified atom stereocenters. The van der Waals surface area contributed by atoms with Crippen LogP contribution in [-0.4, -0.2) is 37.7 Å². The zero-order valence-corrected chi connectivity index (χ0v) is 16.3. The fraction of sp³-hybridized carbons (Fsp3) is 0.222. The number of methoxy groups -OCH3 is 2. The standard InChI is InChI=1S/C18H18O4S3/c1-21-17(19)11-23-13-3-7-15(8-4-13)25-16-9-5-14(6-10-16)24-12-18(20)22-2/h3-10H,11-12H2,1-2H3. The van der Waals surface area contributed by atoms with Crippen molar-refractivity contribution in [2.45, 2.75) is 19.6 Å². The van der Waals surface area contributed by atoms with Gasteiger partial charge < -0.3 is 9.47 Å². The molecule has 25 heavy (non-hydrogen) atoms. The van der Waals surface area contributed by atoms with Crippen molar-refractivity contribution >= 4 is 47.2 Å². The van der Waals surface area contributed by atoms with Crippen molar-refractivity contribution < 1.29 is 19.1 Å². The van der Waals surface area contributed by atoms with Crippen molar-refractivity contribution in [3.05, 3.63) is 48.5 Å². The lowest BCUT2D eigenvalue weighted by atomic mass is 10.4. The summed E-state index contributed by atoms with van der Waals surface area (Å²) in [7, 11) is 2.78. The first-order chi connectivity index (χ1) is 12.1. The molecule has 0 aromatic heterocycles. The molecule has 2 rings (SSSR count). The summed E-state index contributed by atoms with van der Waals surface area (Å²) in [4.78, 5) is 26.6. The molecule has 0 fully saturated rings. The number of benzene rings is 2. The summed E-state index contributed by atoms with van der Waals surface area (Å²) in [5, 5.41) is 0. The quantitative estimate of drug-likeness (QED) is 0.487. The molecule has 2 aromatic carbocycles. The zero-order chi connectivity index (χ0) is 18.1. The average molecular weight is 395 g/mol. The van der Waals surface area contributed by atoms with Crippen molar-refractivity contribution in [1.29, 1.82) is 0 Å². The van der Waals surface area contributed by atoms with Gasteiger partial charge in [-0.2, -0.15) is 0 Å². The Labute approximate surface area is 160 Å². The first kappa shape index (κ1) is 19.8. The average Bonchev–Trinajstić information content (AvgIpc) is 2.66. The Morgan fingerprint density at radius 1 is 0.680 bits per heavy atom. The number of carbonyl (C=O) groups is 2. The minimum atomic E-state index is -0.228. The first-order valence-corrected chi connectivity index (χ1v) is 10.2. The zero-order valence-electron chi connectivity index (χ0n) is 13.9. The summed E-state index contributed by atoms with van der Waals surface area (Å²) in [6.07, 6.45) is 0. The first-order valence-electron chi connectivity index (χ1n) is 7.38. The molecule has 7 heteroatoms. The summed E-state index contributed by atoms with van der Waals surface area (Å²) in [6.45, 7) is 0. The van der Waals surface area contributed by atoms with Crippen LogP contribution >= 0.6 is 35.3 Å². The fourth-order valence-electron chi connectivity index (χ4n) is 1.75. The van der Waals surface area contributed by atoms with E-state index in [-0.39, 0.29) is 11.9 Å². The highest BCUT2D eigenvalue weighted by Gasteiger charge is 2.04. The normalized spacial score (nSPS) is 10.3. The molecule has 4 nitrogen and oxygen atoms in total. The van der Waals surface area contributed by atoms with Crippen LogP contribution in [0, 0.1) is 0 Å². The molecule has 0 saturated heterocycles. The van der Waals surface area contributed by atoms with Crippen LogP contribution in [0.25, 0.3) is 0 Å². The van der Waals surface area contributed by atoms with Gasteiger partial charge in [-0.25, -0.2) is 0 Å². The van der Waals surface area contributed by atoms with E-state index in [4.69, 9.17) is 0 Å². The van der Waals surface area contributed by atoms with Gasteiger partial charge in [0.2, 0.25) is 0 Å². The number of thioether (sulfide) groups is 2. The third kappa shape index (κ3) is 7.05. The van der Waals surface area contributed by atoms with E-state index in [0.717, 1.165) is 19.6 Å². The van der Waals surface area contributed by atoms with Gasteiger partial charge in [0.05, 0.1) is 25.7 Å². The van der Waals surface area contributed by atoms with Crippen LogP contribution in [0.15, 0.2) is 68.1 Å². The van der Waals surface area contributed by atoms with Gasteiger partial charge in [0.15, 0.2) is 0 Å². The van der Waals surface area contributed by atoms with Gasteiger partial charge >= 0.3 is 11.9 Å². The van der Waals surface area contributed by atoms with E-state index in [1.807, 2.05) is 48.5 Å². The Morgan fingerprint density at radius 2 is 1.00 bits per heavy atom.